The molecule has 0 bridgehead atoms. The normalized spacial score (nSPS) is 11.3. The maximum atomic E-state index is 11.2. The van der Waals surface area contributed by atoms with E-state index in [-0.39, 0.29) is 18.5 Å². The van der Waals surface area contributed by atoms with Gasteiger partial charge in [0.1, 0.15) is 24.3 Å². The molecule has 0 saturated carbocycles. The van der Waals surface area contributed by atoms with Crippen LogP contribution in [0.15, 0.2) is 58.8 Å². The number of benzene rings is 2. The van der Waals surface area contributed by atoms with Crippen molar-refractivity contribution < 1.29 is 48.5 Å². The molecular formula is C21H20N4O10. The summed E-state index contributed by atoms with van der Waals surface area (Å²) in [6.45, 7) is -0.147. The number of carbonyl (C=O) groups is 4. The van der Waals surface area contributed by atoms with Crippen LogP contribution in [0.1, 0.15) is 24.0 Å². The highest BCUT2D eigenvalue weighted by atomic mass is 16.7. The van der Waals surface area contributed by atoms with Crippen molar-refractivity contribution in [3.8, 4) is 11.5 Å². The van der Waals surface area contributed by atoms with E-state index in [1.165, 1.54) is 0 Å². The molecular weight excluding hydrogens is 468 g/mol. The van der Waals surface area contributed by atoms with Crippen molar-refractivity contribution in [2.45, 2.75) is 12.8 Å². The van der Waals surface area contributed by atoms with Gasteiger partial charge in [-0.25, -0.2) is 9.59 Å². The van der Waals surface area contributed by atoms with Crippen molar-refractivity contribution in [1.29, 1.82) is 0 Å². The molecule has 14 heteroatoms. The summed E-state index contributed by atoms with van der Waals surface area (Å²) >= 11 is 0. The number of ether oxygens (including phenoxy) is 2. The molecule has 0 fully saturated rings. The Balaban J connectivity index is 1.82. The third-order valence-corrected chi connectivity index (χ3v) is 3.83. The molecule has 0 radical (unpaired) electrons. The van der Waals surface area contributed by atoms with E-state index in [2.05, 4.69) is 20.0 Å². The van der Waals surface area contributed by atoms with Crippen LogP contribution in [0.2, 0.25) is 0 Å². The van der Waals surface area contributed by atoms with E-state index in [9.17, 15) is 19.2 Å². The van der Waals surface area contributed by atoms with E-state index in [4.69, 9.17) is 31.2 Å². The zero-order valence-electron chi connectivity index (χ0n) is 17.9. The van der Waals surface area contributed by atoms with Crippen LogP contribution in [0.3, 0.4) is 0 Å². The summed E-state index contributed by atoms with van der Waals surface area (Å²) < 4.78 is 10.9. The second-order valence-corrected chi connectivity index (χ2v) is 6.48. The first-order chi connectivity index (χ1) is 16.6. The Hall–Kier alpha value is -5.14. The first kappa shape index (κ1) is 26.1. The van der Waals surface area contributed by atoms with Gasteiger partial charge in [0, 0.05) is 11.1 Å². The number of carboxylic acids is 2. The average Bonchev–Trinajstić information content (AvgIpc) is 2.81. The van der Waals surface area contributed by atoms with Gasteiger partial charge in [-0.05, 0) is 48.5 Å². The lowest BCUT2D eigenvalue weighted by Gasteiger charge is -2.09. The summed E-state index contributed by atoms with van der Waals surface area (Å²) in [5.41, 5.74) is 12.2. The highest BCUT2D eigenvalue weighted by Gasteiger charge is 2.11. The van der Waals surface area contributed by atoms with E-state index >= 15 is 0 Å². The highest BCUT2D eigenvalue weighted by Crippen LogP contribution is 2.15. The monoisotopic (exact) mass is 488 g/mol. The Labute approximate surface area is 197 Å². The van der Waals surface area contributed by atoms with Gasteiger partial charge in [0.15, 0.2) is 11.7 Å². The number of carbonyl (C=O) groups excluding carboxylic acids is 2. The topological polar surface area (TPSA) is 222 Å². The minimum absolute atomic E-state index is 0.133. The molecule has 0 aliphatic carbocycles. The standard InChI is InChI=1S/C21H20N4O10/c22-20(24-34-18(30)9-16(26)27)12-1-5-14(6-2-12)32-11-33-15-7-3-13(4-8-15)21(23)25-35-19(31)10-17(28)29/h1-8H,9-11H2,(H2,22,24)(H2,23,25)(H,26,27)(H,28,29). The van der Waals surface area contributed by atoms with Crippen molar-refractivity contribution in [1.82, 2.24) is 0 Å². The van der Waals surface area contributed by atoms with Gasteiger partial charge >= 0.3 is 23.9 Å². The van der Waals surface area contributed by atoms with E-state index in [1.54, 1.807) is 48.5 Å². The third kappa shape index (κ3) is 9.48. The third-order valence-electron chi connectivity index (χ3n) is 3.83. The second kappa shape index (κ2) is 12.8. The molecule has 0 saturated heterocycles. The summed E-state index contributed by atoms with van der Waals surface area (Å²) in [4.78, 5) is 52.0. The molecule has 0 unspecified atom stereocenters. The van der Waals surface area contributed by atoms with Gasteiger partial charge in [-0.3, -0.25) is 9.59 Å². The van der Waals surface area contributed by atoms with Gasteiger partial charge in [0.25, 0.3) is 0 Å². The van der Waals surface area contributed by atoms with Crippen molar-refractivity contribution in [3.05, 3.63) is 59.7 Å². The van der Waals surface area contributed by atoms with Crippen LogP contribution in [0, 0.1) is 0 Å². The van der Waals surface area contributed by atoms with Gasteiger partial charge in [-0.2, -0.15) is 0 Å². The number of hydrogen-bond acceptors (Lipinski definition) is 10. The molecule has 0 amide bonds. The van der Waals surface area contributed by atoms with Crippen molar-refractivity contribution in [2.75, 3.05) is 6.79 Å². The van der Waals surface area contributed by atoms with Crippen LogP contribution >= 0.6 is 0 Å². The molecule has 2 aromatic rings. The number of rotatable bonds is 12. The molecule has 14 nitrogen and oxygen atoms in total. The maximum Gasteiger partial charge on any atom is 0.346 e. The zero-order valence-corrected chi connectivity index (χ0v) is 17.9. The Bertz CT molecular complexity index is 1040. The van der Waals surface area contributed by atoms with Crippen molar-refractivity contribution >= 4 is 35.5 Å². The van der Waals surface area contributed by atoms with Crippen LogP contribution in [-0.4, -0.2) is 52.6 Å². The summed E-state index contributed by atoms with van der Waals surface area (Å²) in [7, 11) is 0. The molecule has 35 heavy (non-hydrogen) atoms. The minimum Gasteiger partial charge on any atom is -0.481 e. The average molecular weight is 488 g/mol. The van der Waals surface area contributed by atoms with E-state index in [0.29, 0.717) is 22.6 Å². The molecule has 0 aromatic heterocycles. The second-order valence-electron chi connectivity index (χ2n) is 6.48. The molecule has 0 heterocycles. The molecule has 184 valence electrons. The largest absolute Gasteiger partial charge is 0.481 e. The summed E-state index contributed by atoms with van der Waals surface area (Å²) in [5.74, 6) is -4.21. The molecule has 6 N–H and O–H groups in total. The molecule has 0 aliphatic heterocycles. The van der Waals surface area contributed by atoms with Crippen LogP contribution in [-0.2, 0) is 28.9 Å². The van der Waals surface area contributed by atoms with Gasteiger partial charge in [0.2, 0.25) is 6.79 Å². The van der Waals surface area contributed by atoms with Crippen molar-refractivity contribution in [2.24, 2.45) is 21.8 Å². The predicted octanol–water partition coefficient (Wildman–Crippen LogP) is 0.378. The van der Waals surface area contributed by atoms with Crippen LogP contribution in [0.25, 0.3) is 0 Å². The van der Waals surface area contributed by atoms with Gasteiger partial charge in [-0.15, -0.1) is 0 Å². The lowest BCUT2D eigenvalue weighted by molar-refractivity contribution is -0.153. The molecule has 0 aliphatic rings. The van der Waals surface area contributed by atoms with Crippen molar-refractivity contribution in [3.63, 3.8) is 0 Å². The van der Waals surface area contributed by atoms with Crippen LogP contribution in [0.4, 0.5) is 0 Å². The Morgan fingerprint density at radius 1 is 0.657 bits per heavy atom. The number of nitrogens with zero attached hydrogens (tertiary/aromatic N) is 2. The molecule has 2 rings (SSSR count). The number of nitrogens with two attached hydrogens (primary N) is 2. The number of amidine groups is 2. The Kier molecular flexibility index (Phi) is 9.54. The number of carboxylic acid groups (broad SMARTS) is 2. The SMILES string of the molecule is N/C(=N\OC(=O)CC(=O)O)c1ccc(OCOc2ccc(/C(N)=N/OC(=O)CC(=O)O)cc2)cc1. The molecule has 2 aromatic carbocycles. The van der Waals surface area contributed by atoms with E-state index in [0.717, 1.165) is 0 Å². The quantitative estimate of drug-likeness (QED) is 0.0794. The lowest BCUT2D eigenvalue weighted by Crippen LogP contribution is -2.16. The van der Waals surface area contributed by atoms with Crippen LogP contribution in [0.5, 0.6) is 11.5 Å². The summed E-state index contributed by atoms with van der Waals surface area (Å²) in [5, 5.41) is 23.7. The predicted molar refractivity (Wildman–Crippen MR) is 117 cm³/mol. The Morgan fingerprint density at radius 2 is 1.00 bits per heavy atom. The maximum absolute atomic E-state index is 11.2. The first-order valence-electron chi connectivity index (χ1n) is 9.60. The number of oxime groups is 2. The smallest absolute Gasteiger partial charge is 0.346 e. The fourth-order valence-electron chi connectivity index (χ4n) is 2.23. The fraction of sp³-hybridized carbons (Fsp3) is 0.143. The summed E-state index contributed by atoms with van der Waals surface area (Å²) in [6, 6.07) is 12.4. The molecule has 0 spiro atoms. The van der Waals surface area contributed by atoms with Gasteiger partial charge in [-0.1, -0.05) is 10.3 Å². The van der Waals surface area contributed by atoms with Crippen LogP contribution < -0.4 is 20.9 Å². The lowest BCUT2D eigenvalue weighted by atomic mass is 10.2. The summed E-state index contributed by atoms with van der Waals surface area (Å²) in [6.07, 6.45) is -1.67. The number of hydrogen-bond donors (Lipinski definition) is 4. The van der Waals surface area contributed by atoms with Gasteiger partial charge < -0.3 is 40.8 Å². The van der Waals surface area contributed by atoms with E-state index in [1.807, 2.05) is 0 Å². The molecule has 0 atom stereocenters. The first-order valence-corrected chi connectivity index (χ1v) is 9.60. The minimum atomic E-state index is -1.35. The highest BCUT2D eigenvalue weighted by molar-refractivity contribution is 5.98. The van der Waals surface area contributed by atoms with Gasteiger partial charge in [0.05, 0.1) is 0 Å². The Morgan fingerprint density at radius 3 is 1.31 bits per heavy atom. The number of aliphatic carboxylic acids is 2. The van der Waals surface area contributed by atoms with E-state index < -0.39 is 36.7 Å². The fourth-order valence-corrected chi connectivity index (χ4v) is 2.23. The zero-order chi connectivity index (χ0) is 25.8.